The van der Waals surface area contributed by atoms with Gasteiger partial charge in [0.05, 0.1) is 11.0 Å². The van der Waals surface area contributed by atoms with E-state index in [0.29, 0.717) is 5.11 Å². The number of rotatable bonds is 4. The molecular weight excluding hydrogens is 278 g/mol. The summed E-state index contributed by atoms with van der Waals surface area (Å²) < 4.78 is 5.56. The number of nitro benzene ring substituents is 1. The highest BCUT2D eigenvalue weighted by atomic mass is 32.1. The minimum Gasteiger partial charge on any atom is -0.376 e. The van der Waals surface area contributed by atoms with Crippen LogP contribution < -0.4 is 5.32 Å². The summed E-state index contributed by atoms with van der Waals surface area (Å²) in [7, 11) is 1.91. The number of likely N-dealkylation sites (N-methyl/N-ethyl adjacent to an activating group) is 1. The van der Waals surface area contributed by atoms with E-state index in [0.717, 1.165) is 31.7 Å². The third kappa shape index (κ3) is 3.88. The summed E-state index contributed by atoms with van der Waals surface area (Å²) in [5.74, 6) is 0. The third-order valence-corrected chi connectivity index (χ3v) is 3.59. The van der Waals surface area contributed by atoms with Gasteiger partial charge < -0.3 is 15.0 Å². The fraction of sp³-hybridized carbons (Fsp3) is 0.462. The maximum absolute atomic E-state index is 10.6. The van der Waals surface area contributed by atoms with Gasteiger partial charge in [0.2, 0.25) is 0 Å². The van der Waals surface area contributed by atoms with E-state index < -0.39 is 4.92 Å². The van der Waals surface area contributed by atoms with Gasteiger partial charge in [-0.15, -0.1) is 0 Å². The normalized spacial score (nSPS) is 17.8. The van der Waals surface area contributed by atoms with E-state index in [1.54, 1.807) is 12.1 Å². The highest BCUT2D eigenvalue weighted by molar-refractivity contribution is 7.80. The Kier molecular flexibility index (Phi) is 4.86. The van der Waals surface area contributed by atoms with Gasteiger partial charge in [-0.25, -0.2) is 0 Å². The van der Waals surface area contributed by atoms with Crippen LogP contribution in [-0.2, 0) is 4.74 Å². The number of thiocarbonyl (C=S) groups is 1. The van der Waals surface area contributed by atoms with Gasteiger partial charge in [0.25, 0.3) is 5.69 Å². The van der Waals surface area contributed by atoms with Crippen molar-refractivity contribution in [3.8, 4) is 0 Å². The lowest BCUT2D eigenvalue weighted by Crippen LogP contribution is -2.36. The van der Waals surface area contributed by atoms with Crippen LogP contribution in [-0.4, -0.2) is 41.2 Å². The van der Waals surface area contributed by atoms with Crippen LogP contribution in [0.2, 0.25) is 0 Å². The van der Waals surface area contributed by atoms with Crippen LogP contribution in [0.15, 0.2) is 24.3 Å². The molecule has 20 heavy (non-hydrogen) atoms. The van der Waals surface area contributed by atoms with Crippen LogP contribution in [0.1, 0.15) is 12.8 Å². The quantitative estimate of drug-likeness (QED) is 0.522. The maximum Gasteiger partial charge on any atom is 0.269 e. The molecule has 1 aliphatic rings. The summed E-state index contributed by atoms with van der Waals surface area (Å²) in [6.07, 6.45) is 2.39. The first-order valence-corrected chi connectivity index (χ1v) is 6.85. The molecule has 0 aliphatic carbocycles. The van der Waals surface area contributed by atoms with Crippen LogP contribution in [0.4, 0.5) is 11.4 Å². The first-order chi connectivity index (χ1) is 9.56. The molecule has 1 fully saturated rings. The molecule has 1 saturated heterocycles. The second-order valence-electron chi connectivity index (χ2n) is 4.75. The van der Waals surface area contributed by atoms with E-state index >= 15 is 0 Å². The van der Waals surface area contributed by atoms with Gasteiger partial charge in [0, 0.05) is 38.0 Å². The van der Waals surface area contributed by atoms with E-state index in [-0.39, 0.29) is 11.8 Å². The minimum absolute atomic E-state index is 0.0641. The molecular formula is C13H17N3O3S. The fourth-order valence-electron chi connectivity index (χ4n) is 2.06. The SMILES string of the molecule is CN(CC1CCCO1)C(=S)Nc1ccc([N+](=O)[O-])cc1. The third-order valence-electron chi connectivity index (χ3n) is 3.18. The average molecular weight is 295 g/mol. The number of anilines is 1. The number of nitrogens with one attached hydrogen (secondary N) is 1. The standard InChI is InChI=1S/C13H17N3O3S/c1-15(9-12-3-2-8-19-12)13(20)14-10-4-6-11(7-5-10)16(17)18/h4-7,12H,2-3,8-9H2,1H3,(H,14,20). The van der Waals surface area contributed by atoms with E-state index in [1.807, 2.05) is 11.9 Å². The predicted octanol–water partition coefficient (Wildman–Crippen LogP) is 2.40. The molecule has 0 bridgehead atoms. The van der Waals surface area contributed by atoms with Crippen LogP contribution >= 0.6 is 12.2 Å². The Morgan fingerprint density at radius 1 is 1.55 bits per heavy atom. The van der Waals surface area contributed by atoms with E-state index in [4.69, 9.17) is 17.0 Å². The molecule has 0 saturated carbocycles. The second-order valence-corrected chi connectivity index (χ2v) is 5.14. The Morgan fingerprint density at radius 3 is 2.80 bits per heavy atom. The summed E-state index contributed by atoms with van der Waals surface area (Å²) in [5.41, 5.74) is 0.800. The lowest BCUT2D eigenvalue weighted by atomic mass is 10.2. The van der Waals surface area contributed by atoms with Gasteiger partial charge in [0.15, 0.2) is 5.11 Å². The van der Waals surface area contributed by atoms with Crippen molar-refractivity contribution in [2.75, 3.05) is 25.5 Å². The Morgan fingerprint density at radius 2 is 2.25 bits per heavy atom. The van der Waals surface area contributed by atoms with Crippen molar-refractivity contribution in [2.24, 2.45) is 0 Å². The summed E-state index contributed by atoms with van der Waals surface area (Å²) in [5, 5.41) is 14.2. The zero-order chi connectivity index (χ0) is 14.5. The molecule has 7 heteroatoms. The monoisotopic (exact) mass is 295 g/mol. The maximum atomic E-state index is 10.6. The molecule has 1 aliphatic heterocycles. The van der Waals surface area contributed by atoms with Gasteiger partial charge in [-0.1, -0.05) is 0 Å². The number of non-ortho nitro benzene ring substituents is 1. The van der Waals surface area contributed by atoms with Gasteiger partial charge in [0.1, 0.15) is 0 Å². The molecule has 0 spiro atoms. The fourth-order valence-corrected chi connectivity index (χ4v) is 2.25. The molecule has 2 rings (SSSR count). The van der Waals surface area contributed by atoms with Crippen molar-refractivity contribution in [1.82, 2.24) is 4.90 Å². The topological polar surface area (TPSA) is 67.6 Å². The Balaban J connectivity index is 1.87. The summed E-state index contributed by atoms with van der Waals surface area (Å²) >= 11 is 5.30. The molecule has 0 amide bonds. The number of nitrogens with zero attached hydrogens (tertiary/aromatic N) is 2. The molecule has 6 nitrogen and oxygen atoms in total. The average Bonchev–Trinajstić information content (AvgIpc) is 2.92. The van der Waals surface area contributed by atoms with Gasteiger partial charge in [-0.05, 0) is 37.2 Å². The zero-order valence-corrected chi connectivity index (χ0v) is 12.1. The number of nitro groups is 1. The van der Waals surface area contributed by atoms with Gasteiger partial charge in [-0.3, -0.25) is 10.1 Å². The second kappa shape index (κ2) is 6.62. The highest BCUT2D eigenvalue weighted by Gasteiger charge is 2.18. The molecule has 1 heterocycles. The highest BCUT2D eigenvalue weighted by Crippen LogP contribution is 2.17. The predicted molar refractivity (Wildman–Crippen MR) is 80.9 cm³/mol. The van der Waals surface area contributed by atoms with Crippen molar-refractivity contribution in [3.63, 3.8) is 0 Å². The van der Waals surface area contributed by atoms with E-state index in [2.05, 4.69) is 5.32 Å². The van der Waals surface area contributed by atoms with Crippen LogP contribution in [0.3, 0.4) is 0 Å². The van der Waals surface area contributed by atoms with Crippen molar-refractivity contribution in [1.29, 1.82) is 0 Å². The van der Waals surface area contributed by atoms with Crippen molar-refractivity contribution < 1.29 is 9.66 Å². The molecule has 0 radical (unpaired) electrons. The Hall–Kier alpha value is -1.73. The molecule has 1 atom stereocenters. The van der Waals surface area contributed by atoms with E-state index in [9.17, 15) is 10.1 Å². The number of ether oxygens (including phenoxy) is 1. The number of benzene rings is 1. The Bertz CT molecular complexity index is 486. The van der Waals surface area contributed by atoms with Crippen LogP contribution in [0.5, 0.6) is 0 Å². The van der Waals surface area contributed by atoms with Gasteiger partial charge in [-0.2, -0.15) is 0 Å². The zero-order valence-electron chi connectivity index (χ0n) is 11.2. The number of hydrogen-bond donors (Lipinski definition) is 1. The summed E-state index contributed by atoms with van der Waals surface area (Å²) in [6, 6.07) is 6.19. The first-order valence-electron chi connectivity index (χ1n) is 6.44. The lowest BCUT2D eigenvalue weighted by molar-refractivity contribution is -0.384. The summed E-state index contributed by atoms with van der Waals surface area (Å²) in [6.45, 7) is 1.57. The van der Waals surface area contributed by atoms with Crippen LogP contribution in [0.25, 0.3) is 0 Å². The molecule has 108 valence electrons. The molecule has 1 N–H and O–H groups in total. The van der Waals surface area contributed by atoms with E-state index in [1.165, 1.54) is 12.1 Å². The molecule has 1 aromatic carbocycles. The largest absolute Gasteiger partial charge is 0.376 e. The van der Waals surface area contributed by atoms with Crippen molar-refractivity contribution in [3.05, 3.63) is 34.4 Å². The number of hydrogen-bond acceptors (Lipinski definition) is 4. The molecule has 1 aromatic rings. The minimum atomic E-state index is -0.425. The molecule has 1 unspecified atom stereocenters. The Labute approximate surface area is 122 Å². The van der Waals surface area contributed by atoms with Crippen LogP contribution in [0, 0.1) is 10.1 Å². The van der Waals surface area contributed by atoms with Gasteiger partial charge >= 0.3 is 0 Å². The van der Waals surface area contributed by atoms with Crippen molar-refractivity contribution in [2.45, 2.75) is 18.9 Å². The van der Waals surface area contributed by atoms with Crippen molar-refractivity contribution >= 4 is 28.7 Å². The smallest absolute Gasteiger partial charge is 0.269 e. The first kappa shape index (κ1) is 14.7. The summed E-state index contributed by atoms with van der Waals surface area (Å²) in [4.78, 5) is 12.1. The molecule has 0 aromatic heterocycles. The lowest BCUT2D eigenvalue weighted by Gasteiger charge is -2.23.